The summed E-state index contributed by atoms with van der Waals surface area (Å²) in [5.74, 6) is 4.56. The molecule has 2 aromatic carbocycles. The summed E-state index contributed by atoms with van der Waals surface area (Å²) in [6.45, 7) is 7.11. The maximum Gasteiger partial charge on any atom is -0.0242 e. The maximum absolute atomic E-state index is 2.62. The van der Waals surface area contributed by atoms with Crippen LogP contribution in [0, 0.1) is 43.4 Å². The van der Waals surface area contributed by atoms with Gasteiger partial charge in [0.15, 0.2) is 0 Å². The fourth-order valence-electron chi connectivity index (χ4n) is 7.96. The van der Waals surface area contributed by atoms with Crippen LogP contribution in [0.25, 0.3) is 0 Å². The fourth-order valence-corrected chi connectivity index (χ4v) is 7.96. The summed E-state index contributed by atoms with van der Waals surface area (Å²) in [5.41, 5.74) is 9.61. The van der Waals surface area contributed by atoms with Crippen LogP contribution in [-0.2, 0) is 25.7 Å². The monoisotopic (exact) mass is 442 g/mol. The van der Waals surface area contributed by atoms with E-state index in [1.807, 2.05) is 0 Å². The quantitative estimate of drug-likeness (QED) is 0.402. The average molecular weight is 443 g/mol. The molecule has 5 rings (SSSR count). The number of hydrogen-bond donors (Lipinski definition) is 0. The molecule has 3 aliphatic carbocycles. The van der Waals surface area contributed by atoms with Crippen molar-refractivity contribution in [1.82, 2.24) is 0 Å². The van der Waals surface area contributed by atoms with Crippen molar-refractivity contribution < 1.29 is 0 Å². The Kier molecular flexibility index (Phi) is 7.29. The highest BCUT2D eigenvalue weighted by molar-refractivity contribution is 5.37. The third kappa shape index (κ3) is 5.41. The predicted octanol–water partition coefficient (Wildman–Crippen LogP) is 8.83. The van der Waals surface area contributed by atoms with Crippen molar-refractivity contribution >= 4 is 0 Å². The van der Waals surface area contributed by atoms with Gasteiger partial charge in [0.05, 0.1) is 0 Å². The zero-order valence-corrected chi connectivity index (χ0v) is 21.5. The Labute approximate surface area is 203 Å². The van der Waals surface area contributed by atoms with Crippen LogP contribution < -0.4 is 0 Å². The smallest absolute Gasteiger partial charge is 0.0242 e. The van der Waals surface area contributed by atoms with Gasteiger partial charge in [0.2, 0.25) is 0 Å². The molecular weight excluding hydrogens is 396 g/mol. The van der Waals surface area contributed by atoms with Gasteiger partial charge < -0.3 is 0 Å². The van der Waals surface area contributed by atoms with E-state index in [9.17, 15) is 0 Å². The van der Waals surface area contributed by atoms with Crippen LogP contribution in [0.4, 0.5) is 0 Å². The van der Waals surface area contributed by atoms with Gasteiger partial charge >= 0.3 is 0 Å². The number of hydrogen-bond acceptors (Lipinski definition) is 0. The summed E-state index contributed by atoms with van der Waals surface area (Å²) in [7, 11) is 0. The highest BCUT2D eigenvalue weighted by Gasteiger charge is 2.37. The van der Waals surface area contributed by atoms with E-state index in [0.717, 1.165) is 29.6 Å². The standard InChI is InChI=1S/C33H46/c1-23(18-33-24(2)9-7-10-25(33)3)17-29-13-8-14-32(29)31-21-28-16-15-27(20-30(28)22-31)19-26-11-5-4-6-12-26/h7,9-10,15-16,20,23,26,29,31-32H,4-6,8,11-14,17-19,21-22H2,1-3H3. The van der Waals surface area contributed by atoms with Crippen LogP contribution in [0.3, 0.4) is 0 Å². The summed E-state index contributed by atoms with van der Waals surface area (Å²) < 4.78 is 0. The molecule has 4 unspecified atom stereocenters. The zero-order valence-electron chi connectivity index (χ0n) is 21.5. The van der Waals surface area contributed by atoms with Crippen molar-refractivity contribution in [3.05, 3.63) is 69.8 Å². The molecular formula is C33H46. The molecule has 0 nitrogen and oxygen atoms in total. The lowest BCUT2D eigenvalue weighted by atomic mass is 9.77. The van der Waals surface area contributed by atoms with Gasteiger partial charge in [0.25, 0.3) is 0 Å². The second-order valence-corrected chi connectivity index (χ2v) is 12.2. The third-order valence-corrected chi connectivity index (χ3v) is 9.71. The Morgan fingerprint density at radius 1 is 0.818 bits per heavy atom. The molecule has 0 heterocycles. The van der Waals surface area contributed by atoms with Gasteiger partial charge in [-0.15, -0.1) is 0 Å². The fraction of sp³-hybridized carbons (Fsp3) is 0.636. The first-order valence-electron chi connectivity index (χ1n) is 14.2. The second kappa shape index (κ2) is 10.4. The van der Waals surface area contributed by atoms with Crippen LogP contribution >= 0.6 is 0 Å². The molecule has 0 bridgehead atoms. The van der Waals surface area contributed by atoms with Gasteiger partial charge in [-0.3, -0.25) is 0 Å². The van der Waals surface area contributed by atoms with Crippen LogP contribution in [0.2, 0.25) is 0 Å². The zero-order chi connectivity index (χ0) is 22.8. The summed E-state index contributed by atoms with van der Waals surface area (Å²) >= 11 is 0. The Hall–Kier alpha value is -1.56. The molecule has 0 spiro atoms. The lowest BCUT2D eigenvalue weighted by Gasteiger charge is -2.28. The summed E-state index contributed by atoms with van der Waals surface area (Å²) in [6.07, 6.45) is 18.5. The maximum atomic E-state index is 2.62. The highest BCUT2D eigenvalue weighted by atomic mass is 14.4. The van der Waals surface area contributed by atoms with E-state index in [1.165, 1.54) is 94.6 Å². The molecule has 0 aliphatic heterocycles. The number of aryl methyl sites for hydroxylation is 2. The Morgan fingerprint density at radius 3 is 2.36 bits per heavy atom. The second-order valence-electron chi connectivity index (χ2n) is 12.2. The van der Waals surface area contributed by atoms with Crippen molar-refractivity contribution in [2.45, 2.75) is 104 Å². The molecule has 0 amide bonds. The Morgan fingerprint density at radius 2 is 1.58 bits per heavy atom. The minimum Gasteiger partial charge on any atom is -0.0622 e. The van der Waals surface area contributed by atoms with Gasteiger partial charge in [0, 0.05) is 0 Å². The number of fused-ring (bicyclic) bond motifs is 1. The van der Waals surface area contributed by atoms with E-state index in [-0.39, 0.29) is 0 Å². The number of rotatable bonds is 7. The van der Waals surface area contributed by atoms with E-state index in [2.05, 4.69) is 57.2 Å². The largest absolute Gasteiger partial charge is 0.0622 e. The third-order valence-electron chi connectivity index (χ3n) is 9.71. The van der Waals surface area contributed by atoms with Crippen LogP contribution in [-0.4, -0.2) is 0 Å². The van der Waals surface area contributed by atoms with Gasteiger partial charge in [-0.2, -0.15) is 0 Å². The Balaban J connectivity index is 1.19. The van der Waals surface area contributed by atoms with Crippen molar-refractivity contribution in [3.8, 4) is 0 Å². The Bertz CT molecular complexity index is 911. The molecule has 2 saturated carbocycles. The van der Waals surface area contributed by atoms with Crippen molar-refractivity contribution in [2.75, 3.05) is 0 Å². The van der Waals surface area contributed by atoms with E-state index in [4.69, 9.17) is 0 Å². The molecule has 3 aliphatic rings. The molecule has 2 fully saturated rings. The molecule has 0 radical (unpaired) electrons. The van der Waals surface area contributed by atoms with Gasteiger partial charge in [-0.05, 0) is 115 Å². The SMILES string of the molecule is Cc1cccc(C)c1CC(C)CC1CCCC1C1Cc2ccc(CC3CCCCC3)cc2C1. The van der Waals surface area contributed by atoms with Crippen molar-refractivity contribution in [3.63, 3.8) is 0 Å². The van der Waals surface area contributed by atoms with Crippen molar-refractivity contribution in [1.29, 1.82) is 0 Å². The van der Waals surface area contributed by atoms with Crippen LogP contribution in [0.5, 0.6) is 0 Å². The normalized spacial score (nSPS) is 26.5. The molecule has 33 heavy (non-hydrogen) atoms. The topological polar surface area (TPSA) is 0 Å². The van der Waals surface area contributed by atoms with Crippen LogP contribution in [0.1, 0.15) is 98.1 Å². The lowest BCUT2D eigenvalue weighted by Crippen LogP contribution is -2.22. The molecule has 0 aromatic heterocycles. The number of benzene rings is 2. The van der Waals surface area contributed by atoms with E-state index in [0.29, 0.717) is 0 Å². The molecule has 0 saturated heterocycles. The average Bonchev–Trinajstić information content (AvgIpc) is 3.43. The summed E-state index contributed by atoms with van der Waals surface area (Å²) in [6, 6.07) is 14.4. The van der Waals surface area contributed by atoms with Gasteiger partial charge in [-0.1, -0.05) is 88.3 Å². The predicted molar refractivity (Wildman–Crippen MR) is 142 cm³/mol. The first-order chi connectivity index (χ1) is 16.1. The molecule has 178 valence electrons. The van der Waals surface area contributed by atoms with E-state index in [1.54, 1.807) is 22.3 Å². The summed E-state index contributed by atoms with van der Waals surface area (Å²) in [5, 5.41) is 0. The first-order valence-corrected chi connectivity index (χ1v) is 14.2. The van der Waals surface area contributed by atoms with Gasteiger partial charge in [-0.25, -0.2) is 0 Å². The van der Waals surface area contributed by atoms with E-state index >= 15 is 0 Å². The summed E-state index contributed by atoms with van der Waals surface area (Å²) in [4.78, 5) is 0. The minimum atomic E-state index is 0.793. The molecule has 2 aromatic rings. The highest BCUT2D eigenvalue weighted by Crippen LogP contribution is 2.46. The van der Waals surface area contributed by atoms with Gasteiger partial charge in [0.1, 0.15) is 0 Å². The first kappa shape index (κ1) is 23.2. The van der Waals surface area contributed by atoms with Crippen molar-refractivity contribution in [2.24, 2.45) is 29.6 Å². The van der Waals surface area contributed by atoms with Crippen LogP contribution in [0.15, 0.2) is 36.4 Å². The molecule has 0 N–H and O–H groups in total. The lowest BCUT2D eigenvalue weighted by molar-refractivity contribution is 0.232. The van der Waals surface area contributed by atoms with E-state index < -0.39 is 0 Å². The molecule has 0 heteroatoms. The molecule has 4 atom stereocenters. The minimum absolute atomic E-state index is 0.793.